The molecule has 0 aromatic heterocycles. The van der Waals surface area contributed by atoms with E-state index in [1.54, 1.807) is 0 Å². The van der Waals surface area contributed by atoms with Crippen molar-refractivity contribution in [1.82, 2.24) is 5.32 Å². The van der Waals surface area contributed by atoms with Crippen molar-refractivity contribution in [2.24, 2.45) is 21.7 Å². The first-order chi connectivity index (χ1) is 8.31. The van der Waals surface area contributed by atoms with Crippen LogP contribution in [0.4, 0.5) is 0 Å². The molecule has 0 aliphatic carbocycles. The number of nitrogens with two attached hydrogens (primary N) is 2. The summed E-state index contributed by atoms with van der Waals surface area (Å²) in [6.45, 7) is 2.96. The summed E-state index contributed by atoms with van der Waals surface area (Å²) in [5.74, 6) is -0.0163. The molecule has 0 bridgehead atoms. The van der Waals surface area contributed by atoms with Crippen molar-refractivity contribution in [1.29, 1.82) is 0 Å². The zero-order chi connectivity index (χ0) is 12.8. The molecule has 6 nitrogen and oxygen atoms in total. The van der Waals surface area contributed by atoms with Gasteiger partial charge >= 0.3 is 0 Å². The van der Waals surface area contributed by atoms with E-state index in [1.807, 2.05) is 0 Å². The van der Waals surface area contributed by atoms with Gasteiger partial charge in [0.25, 0.3) is 0 Å². The summed E-state index contributed by atoms with van der Waals surface area (Å²) in [6, 6.07) is 0. The molecular weight excluding hydrogens is 218 g/mol. The zero-order valence-corrected chi connectivity index (χ0v) is 10.5. The van der Waals surface area contributed by atoms with Crippen LogP contribution in [0.5, 0.6) is 0 Å². The monoisotopic (exact) mass is 243 g/mol. The quantitative estimate of drug-likeness (QED) is 0.362. The fraction of sp³-hybridized carbons (Fsp3) is 0.909. The van der Waals surface area contributed by atoms with E-state index in [-0.39, 0.29) is 5.91 Å². The van der Waals surface area contributed by atoms with E-state index in [0.717, 1.165) is 38.8 Å². The molecule has 0 aliphatic rings. The SMILES string of the molecule is NCCCCCCN=NCCC(=O)NCCN. The molecule has 0 radical (unpaired) electrons. The predicted octanol–water partition coefficient (Wildman–Crippen LogP) is 0.423. The lowest BCUT2D eigenvalue weighted by Gasteiger charge is -2.00. The van der Waals surface area contributed by atoms with Crippen LogP contribution in [0.1, 0.15) is 32.1 Å². The first-order valence-corrected chi connectivity index (χ1v) is 6.31. The number of nitrogens with zero attached hydrogens (tertiary/aromatic N) is 2. The van der Waals surface area contributed by atoms with Gasteiger partial charge in [0.1, 0.15) is 0 Å². The van der Waals surface area contributed by atoms with Gasteiger partial charge < -0.3 is 16.8 Å². The van der Waals surface area contributed by atoms with Crippen LogP contribution in [0.15, 0.2) is 10.2 Å². The molecule has 100 valence electrons. The van der Waals surface area contributed by atoms with Gasteiger partial charge in [-0.25, -0.2) is 0 Å². The Balaban J connectivity index is 3.21. The molecule has 0 heterocycles. The van der Waals surface area contributed by atoms with Gasteiger partial charge in [0, 0.05) is 19.5 Å². The smallest absolute Gasteiger partial charge is 0.221 e. The number of nitrogens with one attached hydrogen (secondary N) is 1. The van der Waals surface area contributed by atoms with Gasteiger partial charge in [-0.15, -0.1) is 0 Å². The second-order valence-corrected chi connectivity index (χ2v) is 3.82. The molecule has 0 saturated carbocycles. The van der Waals surface area contributed by atoms with Crippen LogP contribution in [0.2, 0.25) is 0 Å². The Bertz CT molecular complexity index is 208. The second kappa shape index (κ2) is 13.1. The van der Waals surface area contributed by atoms with Crippen LogP contribution in [-0.4, -0.2) is 38.6 Å². The third kappa shape index (κ3) is 12.9. The van der Waals surface area contributed by atoms with Crippen molar-refractivity contribution in [3.63, 3.8) is 0 Å². The largest absolute Gasteiger partial charge is 0.355 e. The Morgan fingerprint density at radius 3 is 2.35 bits per heavy atom. The Kier molecular flexibility index (Phi) is 12.3. The Morgan fingerprint density at radius 2 is 1.65 bits per heavy atom. The summed E-state index contributed by atoms with van der Waals surface area (Å²) < 4.78 is 0. The Labute approximate surface area is 103 Å². The van der Waals surface area contributed by atoms with Crippen LogP contribution in [0, 0.1) is 0 Å². The van der Waals surface area contributed by atoms with Gasteiger partial charge in [-0.3, -0.25) is 4.79 Å². The third-order valence-corrected chi connectivity index (χ3v) is 2.22. The maximum Gasteiger partial charge on any atom is 0.221 e. The van der Waals surface area contributed by atoms with Gasteiger partial charge in [0.05, 0.1) is 13.1 Å². The van der Waals surface area contributed by atoms with Crippen molar-refractivity contribution in [3.8, 4) is 0 Å². The summed E-state index contributed by atoms with van der Waals surface area (Å²) in [7, 11) is 0. The molecule has 0 aliphatic heterocycles. The van der Waals surface area contributed by atoms with Crippen LogP contribution >= 0.6 is 0 Å². The molecular formula is C11H25N5O. The number of hydrogen-bond donors (Lipinski definition) is 3. The average Bonchev–Trinajstić information content (AvgIpc) is 2.34. The minimum atomic E-state index is -0.0163. The van der Waals surface area contributed by atoms with Crippen molar-refractivity contribution in [3.05, 3.63) is 0 Å². The summed E-state index contributed by atoms with van der Waals surface area (Å²) >= 11 is 0. The molecule has 0 atom stereocenters. The maximum atomic E-state index is 11.1. The number of amides is 1. The highest BCUT2D eigenvalue weighted by molar-refractivity contribution is 5.76. The maximum absolute atomic E-state index is 11.1. The normalized spacial score (nSPS) is 10.9. The van der Waals surface area contributed by atoms with Crippen molar-refractivity contribution >= 4 is 5.91 Å². The molecule has 0 fully saturated rings. The lowest BCUT2D eigenvalue weighted by atomic mass is 10.2. The van der Waals surface area contributed by atoms with Crippen LogP contribution in [0.3, 0.4) is 0 Å². The summed E-state index contributed by atoms with van der Waals surface area (Å²) in [5, 5.41) is 10.6. The topological polar surface area (TPSA) is 106 Å². The molecule has 0 aromatic carbocycles. The first-order valence-electron chi connectivity index (χ1n) is 6.31. The van der Waals surface area contributed by atoms with E-state index in [4.69, 9.17) is 11.5 Å². The Hall–Kier alpha value is -1.01. The minimum absolute atomic E-state index is 0.0163. The highest BCUT2D eigenvalue weighted by atomic mass is 16.1. The molecule has 0 saturated heterocycles. The number of azo groups is 1. The van der Waals surface area contributed by atoms with Gasteiger partial charge in [-0.2, -0.15) is 10.2 Å². The third-order valence-electron chi connectivity index (χ3n) is 2.22. The number of unbranched alkanes of at least 4 members (excludes halogenated alkanes) is 3. The van der Waals surface area contributed by atoms with Gasteiger partial charge in [0.2, 0.25) is 5.91 Å². The van der Waals surface area contributed by atoms with E-state index in [0.29, 0.717) is 26.1 Å². The first kappa shape index (κ1) is 16.0. The molecule has 0 unspecified atom stereocenters. The number of carbonyl (C=O) groups is 1. The van der Waals surface area contributed by atoms with Gasteiger partial charge in [-0.1, -0.05) is 12.8 Å². The summed E-state index contributed by atoms with van der Waals surface area (Å²) in [6.07, 6.45) is 4.82. The summed E-state index contributed by atoms with van der Waals surface area (Å²) in [4.78, 5) is 11.1. The standard InChI is InChI=1S/C11H25N5O/c12-6-3-1-2-4-8-15-16-9-5-11(17)14-10-7-13/h1-10,12-13H2,(H,14,17). The lowest BCUT2D eigenvalue weighted by molar-refractivity contribution is -0.120. The van der Waals surface area contributed by atoms with E-state index >= 15 is 0 Å². The highest BCUT2D eigenvalue weighted by Gasteiger charge is 1.97. The van der Waals surface area contributed by atoms with Gasteiger partial charge in [-0.05, 0) is 19.4 Å². The molecule has 6 heteroatoms. The van der Waals surface area contributed by atoms with Crippen molar-refractivity contribution < 1.29 is 4.79 Å². The van der Waals surface area contributed by atoms with Crippen LogP contribution in [0.25, 0.3) is 0 Å². The molecule has 5 N–H and O–H groups in total. The zero-order valence-electron chi connectivity index (χ0n) is 10.5. The van der Waals surface area contributed by atoms with Gasteiger partial charge in [0.15, 0.2) is 0 Å². The fourth-order valence-corrected chi connectivity index (χ4v) is 1.27. The van der Waals surface area contributed by atoms with E-state index in [9.17, 15) is 4.79 Å². The predicted molar refractivity (Wildman–Crippen MR) is 68.8 cm³/mol. The molecule has 0 spiro atoms. The Morgan fingerprint density at radius 1 is 0.941 bits per heavy atom. The van der Waals surface area contributed by atoms with Crippen LogP contribution in [-0.2, 0) is 4.79 Å². The second-order valence-electron chi connectivity index (χ2n) is 3.82. The van der Waals surface area contributed by atoms with E-state index in [2.05, 4.69) is 15.5 Å². The van der Waals surface area contributed by atoms with E-state index in [1.165, 1.54) is 0 Å². The average molecular weight is 243 g/mol. The number of hydrogen-bond acceptors (Lipinski definition) is 5. The van der Waals surface area contributed by atoms with Crippen LogP contribution < -0.4 is 16.8 Å². The van der Waals surface area contributed by atoms with Crippen molar-refractivity contribution in [2.75, 3.05) is 32.7 Å². The minimum Gasteiger partial charge on any atom is -0.355 e. The molecule has 1 amide bonds. The van der Waals surface area contributed by atoms with E-state index < -0.39 is 0 Å². The molecule has 17 heavy (non-hydrogen) atoms. The summed E-state index contributed by atoms with van der Waals surface area (Å²) in [5.41, 5.74) is 10.6. The number of carbonyl (C=O) groups excluding carboxylic acids is 1. The fourth-order valence-electron chi connectivity index (χ4n) is 1.27. The lowest BCUT2D eigenvalue weighted by Crippen LogP contribution is -2.29. The highest BCUT2D eigenvalue weighted by Crippen LogP contribution is 1.98. The molecule has 0 rings (SSSR count). The number of rotatable bonds is 11. The van der Waals surface area contributed by atoms with Crippen molar-refractivity contribution in [2.45, 2.75) is 32.1 Å². The molecule has 0 aromatic rings.